The number of hydrogen-bond donors (Lipinski definition) is 0. The van der Waals surface area contributed by atoms with Gasteiger partial charge >= 0.3 is 0 Å². The van der Waals surface area contributed by atoms with Gasteiger partial charge in [-0.15, -0.1) is 11.3 Å². The third-order valence-electron chi connectivity index (χ3n) is 2.68. The first kappa shape index (κ1) is 9.37. The fraction of sp³-hybridized carbons (Fsp3) is 0.0769. The Hall–Kier alpha value is -0.860. The molecule has 0 aliphatic carbocycles. The molecule has 0 nitrogen and oxygen atoms in total. The lowest BCUT2D eigenvalue weighted by molar-refractivity contribution is 1.53. The minimum Gasteiger partial charge on any atom is -0.143 e. The molecule has 0 radical (unpaired) electrons. The fourth-order valence-electron chi connectivity index (χ4n) is 1.99. The zero-order chi connectivity index (χ0) is 10.3. The Bertz CT molecular complexity index is 625. The zero-order valence-electron chi connectivity index (χ0n) is 8.03. The lowest BCUT2D eigenvalue weighted by Gasteiger charge is -2.03. The summed E-state index contributed by atoms with van der Waals surface area (Å²) in [5.41, 5.74) is 1.39. The number of benzene rings is 2. The second-order valence-corrected chi connectivity index (χ2v) is 5.03. The number of hydrogen-bond acceptors (Lipinski definition) is 1. The lowest BCUT2D eigenvalue weighted by Crippen LogP contribution is -1.80. The van der Waals surface area contributed by atoms with Gasteiger partial charge in [-0.25, -0.2) is 0 Å². The Balaban J connectivity index is 2.57. The molecule has 0 bridgehead atoms. The van der Waals surface area contributed by atoms with Gasteiger partial charge in [-0.3, -0.25) is 0 Å². The summed E-state index contributed by atoms with van der Waals surface area (Å²) in [5.74, 6) is 0. The van der Waals surface area contributed by atoms with E-state index in [1.54, 1.807) is 0 Å². The largest absolute Gasteiger partial charge is 0.143 e. The van der Waals surface area contributed by atoms with Crippen molar-refractivity contribution >= 4 is 48.1 Å². The third kappa shape index (κ3) is 1.40. The molecule has 0 aliphatic rings. The monoisotopic (exact) mass is 276 g/mol. The maximum Gasteiger partial charge on any atom is 0.0389 e. The predicted molar refractivity (Wildman–Crippen MR) is 72.0 cm³/mol. The molecule has 0 unspecified atom stereocenters. The Morgan fingerprint density at radius 3 is 2.80 bits per heavy atom. The summed E-state index contributed by atoms with van der Waals surface area (Å²) in [6, 6.07) is 13.1. The second-order valence-electron chi connectivity index (χ2n) is 3.55. The summed E-state index contributed by atoms with van der Waals surface area (Å²) in [4.78, 5) is 0. The lowest BCUT2D eigenvalue weighted by atomic mass is 10.0. The minimum atomic E-state index is 0.925. The van der Waals surface area contributed by atoms with Gasteiger partial charge in [0.25, 0.3) is 0 Å². The molecule has 1 aromatic heterocycles. The van der Waals surface area contributed by atoms with Crippen molar-refractivity contribution in [3.8, 4) is 0 Å². The van der Waals surface area contributed by atoms with E-state index in [9.17, 15) is 0 Å². The van der Waals surface area contributed by atoms with Crippen molar-refractivity contribution < 1.29 is 0 Å². The summed E-state index contributed by atoms with van der Waals surface area (Å²) >= 11 is 5.38. The van der Waals surface area contributed by atoms with Crippen LogP contribution in [0.15, 0.2) is 41.8 Å². The molecule has 2 aromatic carbocycles. The van der Waals surface area contributed by atoms with Crippen LogP contribution in [0, 0.1) is 0 Å². The molecule has 15 heavy (non-hydrogen) atoms. The van der Waals surface area contributed by atoms with Crippen LogP contribution in [0.1, 0.15) is 5.56 Å². The van der Waals surface area contributed by atoms with E-state index in [2.05, 4.69) is 57.7 Å². The van der Waals surface area contributed by atoms with E-state index < -0.39 is 0 Å². The number of alkyl halides is 1. The number of fused-ring (bicyclic) bond motifs is 3. The quantitative estimate of drug-likeness (QED) is 0.552. The van der Waals surface area contributed by atoms with Crippen LogP contribution in [0.4, 0.5) is 0 Å². The smallest absolute Gasteiger partial charge is 0.0389 e. The highest BCUT2D eigenvalue weighted by molar-refractivity contribution is 9.08. The van der Waals surface area contributed by atoms with Crippen molar-refractivity contribution in [2.75, 3.05) is 0 Å². The Morgan fingerprint density at radius 1 is 1.07 bits per heavy atom. The average Bonchev–Trinajstić information content (AvgIpc) is 2.77. The molecule has 0 fully saturated rings. The number of rotatable bonds is 1. The topological polar surface area (TPSA) is 0 Å². The van der Waals surface area contributed by atoms with Crippen LogP contribution in [0.3, 0.4) is 0 Å². The van der Waals surface area contributed by atoms with Gasteiger partial charge in [0.05, 0.1) is 0 Å². The summed E-state index contributed by atoms with van der Waals surface area (Å²) < 4.78 is 1.41. The molecule has 2 heteroatoms. The molecule has 0 saturated carbocycles. The van der Waals surface area contributed by atoms with E-state index in [4.69, 9.17) is 0 Å². The van der Waals surface area contributed by atoms with Crippen LogP contribution in [0.25, 0.3) is 20.9 Å². The minimum absolute atomic E-state index is 0.925. The molecule has 3 aromatic rings. The van der Waals surface area contributed by atoms with Crippen LogP contribution in [-0.4, -0.2) is 0 Å². The standard InChI is InChI=1S/C13H9BrS/c14-8-10-7-9-3-1-2-4-11(9)12-5-6-15-13(10)12/h1-7H,8H2. The van der Waals surface area contributed by atoms with E-state index in [1.165, 1.54) is 26.4 Å². The molecular formula is C13H9BrS. The molecule has 74 valence electrons. The van der Waals surface area contributed by atoms with Gasteiger partial charge in [-0.05, 0) is 33.8 Å². The first-order valence-electron chi connectivity index (χ1n) is 4.84. The van der Waals surface area contributed by atoms with Gasteiger partial charge in [0, 0.05) is 15.4 Å². The molecular weight excluding hydrogens is 268 g/mol. The predicted octanol–water partition coefficient (Wildman–Crippen LogP) is 4.95. The normalized spacial score (nSPS) is 11.3. The maximum absolute atomic E-state index is 3.56. The maximum atomic E-state index is 3.56. The highest BCUT2D eigenvalue weighted by atomic mass is 79.9. The van der Waals surface area contributed by atoms with E-state index in [1.807, 2.05) is 11.3 Å². The highest BCUT2D eigenvalue weighted by Crippen LogP contribution is 2.33. The average molecular weight is 277 g/mol. The Labute approximate surface area is 101 Å². The van der Waals surface area contributed by atoms with Crippen LogP contribution < -0.4 is 0 Å². The van der Waals surface area contributed by atoms with E-state index in [0.717, 1.165) is 5.33 Å². The van der Waals surface area contributed by atoms with E-state index in [-0.39, 0.29) is 0 Å². The van der Waals surface area contributed by atoms with E-state index >= 15 is 0 Å². The SMILES string of the molecule is BrCc1cc2ccccc2c2ccsc12. The number of halogens is 1. The van der Waals surface area contributed by atoms with Gasteiger partial charge in [0.2, 0.25) is 0 Å². The molecule has 1 heterocycles. The van der Waals surface area contributed by atoms with Gasteiger partial charge in [-0.2, -0.15) is 0 Å². The summed E-state index contributed by atoms with van der Waals surface area (Å²) in [6.45, 7) is 0. The van der Waals surface area contributed by atoms with Gasteiger partial charge in [-0.1, -0.05) is 40.2 Å². The first-order valence-corrected chi connectivity index (χ1v) is 6.84. The molecule has 0 spiro atoms. The zero-order valence-corrected chi connectivity index (χ0v) is 10.4. The van der Waals surface area contributed by atoms with E-state index in [0.29, 0.717) is 0 Å². The fourth-order valence-corrected chi connectivity index (χ4v) is 3.55. The van der Waals surface area contributed by atoms with Crippen molar-refractivity contribution in [1.29, 1.82) is 0 Å². The summed E-state index contributed by atoms with van der Waals surface area (Å²) in [6.07, 6.45) is 0. The second kappa shape index (κ2) is 3.62. The summed E-state index contributed by atoms with van der Waals surface area (Å²) in [5, 5.41) is 7.17. The Morgan fingerprint density at radius 2 is 1.93 bits per heavy atom. The molecule has 0 amide bonds. The van der Waals surface area contributed by atoms with Gasteiger partial charge < -0.3 is 0 Å². The van der Waals surface area contributed by atoms with Crippen LogP contribution in [0.5, 0.6) is 0 Å². The van der Waals surface area contributed by atoms with Crippen molar-refractivity contribution in [2.45, 2.75) is 5.33 Å². The van der Waals surface area contributed by atoms with Crippen molar-refractivity contribution in [2.24, 2.45) is 0 Å². The van der Waals surface area contributed by atoms with Crippen LogP contribution in [-0.2, 0) is 5.33 Å². The van der Waals surface area contributed by atoms with Crippen LogP contribution >= 0.6 is 27.3 Å². The van der Waals surface area contributed by atoms with Crippen LogP contribution in [0.2, 0.25) is 0 Å². The highest BCUT2D eigenvalue weighted by Gasteiger charge is 2.05. The molecule has 0 N–H and O–H groups in total. The molecule has 0 atom stereocenters. The first-order chi connectivity index (χ1) is 7.40. The van der Waals surface area contributed by atoms with Gasteiger partial charge in [0.15, 0.2) is 0 Å². The molecule has 0 saturated heterocycles. The Kier molecular flexibility index (Phi) is 2.26. The van der Waals surface area contributed by atoms with Crippen molar-refractivity contribution in [1.82, 2.24) is 0 Å². The third-order valence-corrected chi connectivity index (χ3v) is 4.28. The molecule has 0 aliphatic heterocycles. The van der Waals surface area contributed by atoms with Gasteiger partial charge in [0.1, 0.15) is 0 Å². The summed E-state index contributed by atoms with van der Waals surface area (Å²) in [7, 11) is 0. The van der Waals surface area contributed by atoms with Crippen molar-refractivity contribution in [3.05, 3.63) is 47.3 Å². The molecule has 3 rings (SSSR count). The van der Waals surface area contributed by atoms with Crippen molar-refractivity contribution in [3.63, 3.8) is 0 Å². The number of thiophene rings is 1.